The summed E-state index contributed by atoms with van der Waals surface area (Å²) in [5.74, 6) is 0.925. The highest BCUT2D eigenvalue weighted by atomic mass is 15.3. The van der Waals surface area contributed by atoms with Gasteiger partial charge in [0.05, 0.1) is 0 Å². The van der Waals surface area contributed by atoms with Gasteiger partial charge in [0.15, 0.2) is 5.65 Å². The van der Waals surface area contributed by atoms with Crippen molar-refractivity contribution < 1.29 is 0 Å². The number of hydrogen-bond donors (Lipinski definition) is 1. The Morgan fingerprint density at radius 1 is 1.38 bits per heavy atom. The van der Waals surface area contributed by atoms with Gasteiger partial charge in [-0.1, -0.05) is 0 Å². The van der Waals surface area contributed by atoms with E-state index in [2.05, 4.69) is 15.2 Å². The van der Waals surface area contributed by atoms with E-state index in [-0.39, 0.29) is 0 Å². The van der Waals surface area contributed by atoms with Crippen molar-refractivity contribution in [2.45, 2.75) is 12.8 Å². The minimum absolute atomic E-state index is 0.676. The minimum Gasteiger partial charge on any atom is -0.330 e. The first-order chi connectivity index (χ1) is 6.42. The summed E-state index contributed by atoms with van der Waals surface area (Å²) in [7, 11) is 0. The number of nitrogens with zero attached hydrogens (tertiary/aromatic N) is 4. The lowest BCUT2D eigenvalue weighted by atomic mass is 10.3. The van der Waals surface area contributed by atoms with E-state index in [0.717, 1.165) is 24.3 Å². The van der Waals surface area contributed by atoms with Gasteiger partial charge in [-0.05, 0) is 13.0 Å². The molecule has 0 aliphatic heterocycles. The van der Waals surface area contributed by atoms with Crippen molar-refractivity contribution in [1.82, 2.24) is 19.6 Å². The molecule has 0 saturated heterocycles. The summed E-state index contributed by atoms with van der Waals surface area (Å²) in [5.41, 5.74) is 6.25. The van der Waals surface area contributed by atoms with Crippen LogP contribution >= 0.6 is 0 Å². The van der Waals surface area contributed by atoms with Crippen LogP contribution in [0.2, 0.25) is 0 Å². The molecule has 13 heavy (non-hydrogen) atoms. The van der Waals surface area contributed by atoms with Crippen molar-refractivity contribution in [3.63, 3.8) is 0 Å². The Bertz CT molecular complexity index is 394. The molecule has 0 radical (unpaired) electrons. The molecule has 2 aromatic rings. The first-order valence-corrected chi connectivity index (χ1v) is 4.25. The van der Waals surface area contributed by atoms with Gasteiger partial charge >= 0.3 is 0 Å². The van der Waals surface area contributed by atoms with E-state index in [4.69, 9.17) is 5.73 Å². The van der Waals surface area contributed by atoms with Crippen molar-refractivity contribution in [2.75, 3.05) is 6.54 Å². The maximum absolute atomic E-state index is 5.42. The van der Waals surface area contributed by atoms with Gasteiger partial charge < -0.3 is 5.73 Å². The van der Waals surface area contributed by atoms with Gasteiger partial charge in [0.25, 0.3) is 0 Å². The first-order valence-electron chi connectivity index (χ1n) is 4.25. The second-order valence-corrected chi connectivity index (χ2v) is 2.82. The lowest BCUT2D eigenvalue weighted by Gasteiger charge is -1.96. The van der Waals surface area contributed by atoms with Crippen LogP contribution in [0.1, 0.15) is 12.2 Å². The van der Waals surface area contributed by atoms with Crippen LogP contribution in [-0.2, 0) is 6.42 Å². The maximum Gasteiger partial charge on any atom is 0.163 e. The summed E-state index contributed by atoms with van der Waals surface area (Å²) >= 11 is 0. The minimum atomic E-state index is 0.676. The number of aryl methyl sites for hydroxylation is 1. The molecule has 2 aromatic heterocycles. The van der Waals surface area contributed by atoms with Gasteiger partial charge in [0, 0.05) is 18.7 Å². The predicted octanol–water partition coefficient (Wildman–Crippen LogP) is 0.0156. The molecule has 0 aromatic carbocycles. The Labute approximate surface area is 75.6 Å². The van der Waals surface area contributed by atoms with E-state index in [1.54, 1.807) is 12.5 Å². The molecule has 0 unspecified atom stereocenters. The maximum atomic E-state index is 5.42. The lowest BCUT2D eigenvalue weighted by Crippen LogP contribution is -2.03. The topological polar surface area (TPSA) is 69.1 Å². The van der Waals surface area contributed by atoms with Crippen molar-refractivity contribution in [1.29, 1.82) is 0 Å². The van der Waals surface area contributed by atoms with Gasteiger partial charge in [-0.25, -0.2) is 4.98 Å². The third-order valence-corrected chi connectivity index (χ3v) is 1.89. The van der Waals surface area contributed by atoms with E-state index in [1.165, 1.54) is 0 Å². The molecule has 0 amide bonds. The number of hydrogen-bond acceptors (Lipinski definition) is 4. The average molecular weight is 177 g/mol. The fraction of sp³-hybridized carbons (Fsp3) is 0.375. The smallest absolute Gasteiger partial charge is 0.163 e. The number of aromatic nitrogens is 4. The summed E-state index contributed by atoms with van der Waals surface area (Å²) in [6.45, 7) is 0.676. The third-order valence-electron chi connectivity index (χ3n) is 1.89. The molecule has 5 heteroatoms. The fourth-order valence-corrected chi connectivity index (χ4v) is 1.22. The van der Waals surface area contributed by atoms with Crippen molar-refractivity contribution in [2.24, 2.45) is 5.73 Å². The Balaban J connectivity index is 2.35. The second-order valence-electron chi connectivity index (χ2n) is 2.82. The van der Waals surface area contributed by atoms with Crippen LogP contribution in [0.15, 0.2) is 18.6 Å². The van der Waals surface area contributed by atoms with Crippen LogP contribution in [0.3, 0.4) is 0 Å². The monoisotopic (exact) mass is 177 g/mol. The molecule has 0 spiro atoms. The van der Waals surface area contributed by atoms with Crippen molar-refractivity contribution >= 4 is 5.65 Å². The van der Waals surface area contributed by atoms with Crippen LogP contribution in [0.4, 0.5) is 0 Å². The highest BCUT2D eigenvalue weighted by molar-refractivity contribution is 5.35. The zero-order chi connectivity index (χ0) is 9.10. The summed E-state index contributed by atoms with van der Waals surface area (Å²) in [6.07, 6.45) is 5.21. The molecule has 2 rings (SSSR count). The molecule has 0 aliphatic rings. The van der Waals surface area contributed by atoms with E-state index in [1.807, 2.05) is 10.5 Å². The van der Waals surface area contributed by atoms with Crippen LogP contribution in [-0.4, -0.2) is 26.1 Å². The van der Waals surface area contributed by atoms with Gasteiger partial charge in [0.1, 0.15) is 12.2 Å². The third kappa shape index (κ3) is 1.50. The van der Waals surface area contributed by atoms with Crippen LogP contribution in [0.5, 0.6) is 0 Å². The molecule has 0 bridgehead atoms. The van der Waals surface area contributed by atoms with E-state index in [9.17, 15) is 0 Å². The van der Waals surface area contributed by atoms with E-state index >= 15 is 0 Å². The average Bonchev–Trinajstić information content (AvgIpc) is 2.58. The van der Waals surface area contributed by atoms with Crippen LogP contribution < -0.4 is 5.73 Å². The lowest BCUT2D eigenvalue weighted by molar-refractivity contribution is 0.767. The molecule has 5 nitrogen and oxygen atoms in total. The van der Waals surface area contributed by atoms with Gasteiger partial charge in [0.2, 0.25) is 0 Å². The van der Waals surface area contributed by atoms with Crippen molar-refractivity contribution in [3.05, 3.63) is 24.4 Å². The summed E-state index contributed by atoms with van der Waals surface area (Å²) in [5, 5.41) is 8.05. The fourth-order valence-electron chi connectivity index (χ4n) is 1.22. The Morgan fingerprint density at radius 2 is 2.31 bits per heavy atom. The molecule has 0 aliphatic carbocycles. The normalized spacial score (nSPS) is 10.8. The van der Waals surface area contributed by atoms with Crippen LogP contribution in [0.25, 0.3) is 5.65 Å². The van der Waals surface area contributed by atoms with E-state index < -0.39 is 0 Å². The zero-order valence-electron chi connectivity index (χ0n) is 7.22. The van der Waals surface area contributed by atoms with Crippen LogP contribution in [0, 0.1) is 0 Å². The Kier molecular flexibility index (Phi) is 2.18. The van der Waals surface area contributed by atoms with Gasteiger partial charge in [-0.2, -0.15) is 0 Å². The zero-order valence-corrected chi connectivity index (χ0v) is 7.22. The molecule has 0 saturated carbocycles. The summed E-state index contributed by atoms with van der Waals surface area (Å²) in [6, 6.07) is 1.83. The molecular weight excluding hydrogens is 166 g/mol. The van der Waals surface area contributed by atoms with Crippen molar-refractivity contribution in [3.8, 4) is 0 Å². The molecule has 2 heterocycles. The van der Waals surface area contributed by atoms with Gasteiger partial charge in [-0.15, -0.1) is 10.2 Å². The summed E-state index contributed by atoms with van der Waals surface area (Å²) in [4.78, 5) is 4.01. The predicted molar refractivity (Wildman–Crippen MR) is 48.2 cm³/mol. The standard InChI is InChI=1S/C8H11N5/c9-4-1-2-7-11-12-8-3-5-10-6-13(7)8/h3,5-6H,1-2,4,9H2. The number of fused-ring (bicyclic) bond motifs is 1. The van der Waals surface area contributed by atoms with E-state index in [0.29, 0.717) is 6.54 Å². The molecule has 0 atom stereocenters. The largest absolute Gasteiger partial charge is 0.330 e. The first kappa shape index (κ1) is 8.12. The Morgan fingerprint density at radius 3 is 3.15 bits per heavy atom. The molecule has 2 N–H and O–H groups in total. The number of rotatable bonds is 3. The number of nitrogens with two attached hydrogens (primary N) is 1. The highest BCUT2D eigenvalue weighted by Crippen LogP contribution is 2.02. The Hall–Kier alpha value is -1.49. The summed E-state index contributed by atoms with van der Waals surface area (Å²) < 4.78 is 1.88. The molecule has 68 valence electrons. The second kappa shape index (κ2) is 3.49. The SMILES string of the molecule is NCCCc1nnc2ccncn12. The molecular formula is C8H11N5. The highest BCUT2D eigenvalue weighted by Gasteiger charge is 2.02. The molecule has 0 fully saturated rings. The quantitative estimate of drug-likeness (QED) is 0.717. The van der Waals surface area contributed by atoms with Gasteiger partial charge in [-0.3, -0.25) is 4.40 Å².